The van der Waals surface area contributed by atoms with Gasteiger partial charge in [0.2, 0.25) is 5.89 Å². The van der Waals surface area contributed by atoms with Gasteiger partial charge in [-0.05, 0) is 56.6 Å². The van der Waals surface area contributed by atoms with Crippen molar-refractivity contribution < 1.29 is 13.3 Å². The monoisotopic (exact) mass is 463 g/mol. The molecule has 2 unspecified atom stereocenters. The smallest absolute Gasteiger partial charge is 0.419 e. The Labute approximate surface area is 193 Å². The van der Waals surface area contributed by atoms with Crippen LogP contribution in [0.2, 0.25) is 0 Å². The Hall–Kier alpha value is -3.27. The van der Waals surface area contributed by atoms with E-state index in [-0.39, 0.29) is 23.1 Å². The van der Waals surface area contributed by atoms with Gasteiger partial charge in [-0.25, -0.2) is 9.59 Å². The molecule has 176 valence electrons. The summed E-state index contributed by atoms with van der Waals surface area (Å²) in [4.78, 5) is 26.2. The first kappa shape index (κ1) is 20.1. The van der Waals surface area contributed by atoms with Crippen LogP contribution in [0.1, 0.15) is 51.0 Å². The molecule has 4 aromatic rings. The maximum Gasteiger partial charge on any atom is 0.423 e. The minimum Gasteiger partial charge on any atom is -0.419 e. The van der Waals surface area contributed by atoms with Crippen molar-refractivity contribution in [2.45, 2.75) is 45.1 Å². The third kappa shape index (κ3) is 2.94. The summed E-state index contributed by atoms with van der Waals surface area (Å²) in [5, 5.41) is 13.9. The fraction of sp³-hybridized carbons (Fsp3) is 0.542. The van der Waals surface area contributed by atoms with E-state index >= 15 is 0 Å². The van der Waals surface area contributed by atoms with Crippen LogP contribution >= 0.6 is 0 Å². The Morgan fingerprint density at radius 2 is 1.79 bits per heavy atom. The molecule has 7 rings (SSSR count). The average molecular weight is 463 g/mol. The topological polar surface area (TPSA) is 120 Å². The highest BCUT2D eigenvalue weighted by Crippen LogP contribution is 2.58. The lowest BCUT2D eigenvalue weighted by atomic mass is 9.85. The Kier molecular flexibility index (Phi) is 4.21. The van der Waals surface area contributed by atoms with Crippen molar-refractivity contribution in [3.63, 3.8) is 0 Å². The number of aromatic nitrogens is 4. The summed E-state index contributed by atoms with van der Waals surface area (Å²) >= 11 is 0. The molecule has 10 heteroatoms. The standard InChI is InChI=1S/C24H25N5O5/c1-11(2)29-15-6-7-16-20(33-24(31)23(30)32-16)18(15)19(27-29)22-26-25-21(34-22)17-13-9-28(10-14(13)17)8-12-4-3-5-12/h6-7,11-14,17H,3-5,8-10H2,1-2H3. The van der Waals surface area contributed by atoms with Gasteiger partial charge in [-0.3, -0.25) is 4.68 Å². The minimum absolute atomic E-state index is 0.0305. The maximum atomic E-state index is 11.9. The average Bonchev–Trinajstić information content (AvgIpc) is 3.20. The van der Waals surface area contributed by atoms with Crippen LogP contribution in [0, 0.1) is 17.8 Å². The molecule has 34 heavy (non-hydrogen) atoms. The molecule has 3 aromatic heterocycles. The van der Waals surface area contributed by atoms with Crippen molar-refractivity contribution in [2.24, 2.45) is 17.8 Å². The molecule has 2 aliphatic carbocycles. The number of benzene rings is 1. The first-order valence-corrected chi connectivity index (χ1v) is 12.0. The number of fused-ring (bicyclic) bond motifs is 4. The normalized spacial score (nSPS) is 24.9. The third-order valence-corrected chi connectivity index (χ3v) is 7.78. The van der Waals surface area contributed by atoms with Crippen LogP contribution in [0.15, 0.2) is 35.0 Å². The van der Waals surface area contributed by atoms with Gasteiger partial charge in [0.15, 0.2) is 16.9 Å². The SMILES string of the molecule is CC(C)n1nc(-c2nnc(C3C4CN(CC5CCC5)CC43)o2)c2c3oc(=O)c(=O)oc3ccc21. The quantitative estimate of drug-likeness (QED) is 0.411. The van der Waals surface area contributed by atoms with Gasteiger partial charge < -0.3 is 18.2 Å². The number of likely N-dealkylation sites (tertiary alicyclic amines) is 1. The van der Waals surface area contributed by atoms with Gasteiger partial charge >= 0.3 is 11.3 Å². The predicted molar refractivity (Wildman–Crippen MR) is 121 cm³/mol. The third-order valence-electron chi connectivity index (χ3n) is 7.78. The number of hydrogen-bond donors (Lipinski definition) is 0. The summed E-state index contributed by atoms with van der Waals surface area (Å²) in [6.07, 6.45) is 4.12. The highest BCUT2D eigenvalue weighted by atomic mass is 16.5. The fourth-order valence-electron chi connectivity index (χ4n) is 5.82. The van der Waals surface area contributed by atoms with Crippen LogP contribution in [-0.4, -0.2) is 44.5 Å². The molecule has 1 aliphatic heterocycles. The Morgan fingerprint density at radius 1 is 1.03 bits per heavy atom. The van der Waals surface area contributed by atoms with Crippen molar-refractivity contribution in [3.05, 3.63) is 38.9 Å². The van der Waals surface area contributed by atoms with Crippen molar-refractivity contribution in [1.82, 2.24) is 24.9 Å². The molecular weight excluding hydrogens is 438 g/mol. The summed E-state index contributed by atoms with van der Waals surface area (Å²) in [7, 11) is 0. The molecule has 0 bridgehead atoms. The molecule has 0 N–H and O–H groups in total. The zero-order chi connectivity index (χ0) is 23.1. The molecule has 3 fully saturated rings. The zero-order valence-corrected chi connectivity index (χ0v) is 19.1. The second kappa shape index (κ2) is 7.11. The van der Waals surface area contributed by atoms with Gasteiger partial charge in [-0.15, -0.1) is 10.2 Å². The maximum absolute atomic E-state index is 11.9. The summed E-state index contributed by atoms with van der Waals surface area (Å²) in [5.41, 5.74) is -0.641. The lowest BCUT2D eigenvalue weighted by Crippen LogP contribution is -2.32. The Balaban J connectivity index is 1.25. The number of rotatable bonds is 5. The molecule has 3 aliphatic rings. The van der Waals surface area contributed by atoms with Crippen molar-refractivity contribution in [3.8, 4) is 11.6 Å². The van der Waals surface area contributed by atoms with E-state index in [1.54, 1.807) is 12.1 Å². The van der Waals surface area contributed by atoms with Gasteiger partial charge in [0.1, 0.15) is 0 Å². The molecule has 2 saturated carbocycles. The van der Waals surface area contributed by atoms with E-state index in [1.807, 2.05) is 18.5 Å². The Morgan fingerprint density at radius 3 is 2.50 bits per heavy atom. The van der Waals surface area contributed by atoms with Crippen molar-refractivity contribution in [1.29, 1.82) is 0 Å². The molecule has 4 heterocycles. The van der Waals surface area contributed by atoms with E-state index in [4.69, 9.17) is 18.4 Å². The summed E-state index contributed by atoms with van der Waals surface area (Å²) < 4.78 is 18.4. The largest absolute Gasteiger partial charge is 0.423 e. The molecule has 1 saturated heterocycles. The molecule has 0 amide bonds. The second-order valence-corrected chi connectivity index (χ2v) is 10.3. The van der Waals surface area contributed by atoms with Crippen LogP contribution in [0.25, 0.3) is 33.7 Å². The van der Waals surface area contributed by atoms with Crippen LogP contribution in [-0.2, 0) is 0 Å². The van der Waals surface area contributed by atoms with Crippen LogP contribution in [0.3, 0.4) is 0 Å². The summed E-state index contributed by atoms with van der Waals surface area (Å²) in [6, 6.07) is 3.42. The van der Waals surface area contributed by atoms with Crippen molar-refractivity contribution >= 4 is 22.1 Å². The van der Waals surface area contributed by atoms with Gasteiger partial charge in [-0.1, -0.05) is 6.42 Å². The van der Waals surface area contributed by atoms with Gasteiger partial charge in [0.25, 0.3) is 5.89 Å². The summed E-state index contributed by atoms with van der Waals surface area (Å²) in [5.74, 6) is 3.25. The number of piperidine rings is 1. The minimum atomic E-state index is -1.06. The van der Waals surface area contributed by atoms with E-state index in [0.29, 0.717) is 34.7 Å². The molecule has 2 atom stereocenters. The fourth-order valence-corrected chi connectivity index (χ4v) is 5.82. The van der Waals surface area contributed by atoms with Gasteiger partial charge in [0.05, 0.1) is 10.9 Å². The van der Waals surface area contributed by atoms with Gasteiger partial charge in [0, 0.05) is 31.6 Å². The highest BCUT2D eigenvalue weighted by molar-refractivity contribution is 6.07. The molecule has 0 spiro atoms. The van der Waals surface area contributed by atoms with Crippen molar-refractivity contribution in [2.75, 3.05) is 19.6 Å². The molecule has 10 nitrogen and oxygen atoms in total. The van der Waals surface area contributed by atoms with E-state index in [0.717, 1.165) is 24.5 Å². The predicted octanol–water partition coefficient (Wildman–Crippen LogP) is 3.17. The molecule has 0 radical (unpaired) electrons. The lowest BCUT2D eigenvalue weighted by molar-refractivity contribution is 0.188. The van der Waals surface area contributed by atoms with E-state index in [1.165, 1.54) is 25.8 Å². The molecular formula is C24H25N5O5. The molecule has 1 aromatic carbocycles. The second-order valence-electron chi connectivity index (χ2n) is 10.3. The first-order chi connectivity index (χ1) is 16.5. The van der Waals surface area contributed by atoms with E-state index < -0.39 is 11.3 Å². The highest BCUT2D eigenvalue weighted by Gasteiger charge is 2.59. The lowest BCUT2D eigenvalue weighted by Gasteiger charge is -2.31. The van der Waals surface area contributed by atoms with Gasteiger partial charge in [-0.2, -0.15) is 5.10 Å². The van der Waals surface area contributed by atoms with Crippen LogP contribution in [0.5, 0.6) is 0 Å². The first-order valence-electron chi connectivity index (χ1n) is 12.0. The Bertz CT molecular complexity index is 1530. The van der Waals surface area contributed by atoms with E-state index in [9.17, 15) is 9.59 Å². The zero-order valence-electron chi connectivity index (χ0n) is 19.1. The summed E-state index contributed by atoms with van der Waals surface area (Å²) in [6.45, 7) is 7.43. The van der Waals surface area contributed by atoms with E-state index in [2.05, 4.69) is 15.1 Å². The number of nitrogens with zero attached hydrogens (tertiary/aromatic N) is 5. The van der Waals surface area contributed by atoms with Crippen LogP contribution in [0.4, 0.5) is 0 Å². The van der Waals surface area contributed by atoms with Crippen LogP contribution < -0.4 is 11.3 Å². The number of hydrogen-bond acceptors (Lipinski definition) is 9.